The Morgan fingerprint density at radius 2 is 2.00 bits per heavy atom. The van der Waals surface area contributed by atoms with Crippen molar-refractivity contribution >= 4 is 21.8 Å². The fraction of sp³-hybridized carbons (Fsp3) is 0.250. The molecule has 2 aromatic carbocycles. The van der Waals surface area contributed by atoms with Crippen molar-refractivity contribution < 1.29 is 14.1 Å². The third-order valence-electron chi connectivity index (χ3n) is 3.98. The first-order valence-electron chi connectivity index (χ1n) is 8.49. The molecule has 3 rings (SSSR count). The number of nitrogens with zero attached hydrogens (tertiary/aromatic N) is 3. The molecule has 0 spiro atoms. The lowest BCUT2D eigenvalue weighted by molar-refractivity contribution is -0.137. The van der Waals surface area contributed by atoms with Crippen LogP contribution in [0.1, 0.15) is 18.4 Å². The standard InChI is InChI=1S/C20H20BrN3O3/c1-13-7-9-17(10-8-13)26-14(2)20(25)24(3)12-18-22-19(23-27-18)15-5-4-6-16(21)11-15/h4-11,14H,12H2,1-3H3. The number of carbonyl (C=O) groups is 1. The molecule has 0 radical (unpaired) electrons. The number of amides is 1. The Kier molecular flexibility index (Phi) is 5.91. The molecule has 0 saturated carbocycles. The van der Waals surface area contributed by atoms with Gasteiger partial charge in [0.1, 0.15) is 5.75 Å². The third kappa shape index (κ3) is 4.95. The molecule has 140 valence electrons. The summed E-state index contributed by atoms with van der Waals surface area (Å²) in [5.41, 5.74) is 1.97. The molecule has 6 nitrogen and oxygen atoms in total. The molecule has 1 heterocycles. The molecular formula is C20H20BrN3O3. The molecule has 0 N–H and O–H groups in total. The van der Waals surface area contributed by atoms with Gasteiger partial charge in [-0.15, -0.1) is 0 Å². The predicted octanol–water partition coefficient (Wildman–Crippen LogP) is 4.23. The van der Waals surface area contributed by atoms with Crippen molar-refractivity contribution in [3.63, 3.8) is 0 Å². The molecule has 0 saturated heterocycles. The molecule has 0 fully saturated rings. The van der Waals surface area contributed by atoms with E-state index in [9.17, 15) is 4.79 Å². The van der Waals surface area contributed by atoms with Crippen molar-refractivity contribution in [2.75, 3.05) is 7.05 Å². The molecule has 3 aromatic rings. The fourth-order valence-electron chi connectivity index (χ4n) is 2.53. The first kappa shape index (κ1) is 19.1. The summed E-state index contributed by atoms with van der Waals surface area (Å²) < 4.78 is 11.9. The number of ether oxygens (including phenoxy) is 1. The van der Waals surface area contributed by atoms with E-state index in [2.05, 4.69) is 26.1 Å². The quantitative estimate of drug-likeness (QED) is 0.586. The van der Waals surface area contributed by atoms with Crippen molar-refractivity contribution in [1.82, 2.24) is 15.0 Å². The molecular weight excluding hydrogens is 410 g/mol. The summed E-state index contributed by atoms with van der Waals surface area (Å²) in [4.78, 5) is 18.4. The van der Waals surface area contributed by atoms with E-state index in [1.165, 1.54) is 4.90 Å². The summed E-state index contributed by atoms with van der Waals surface area (Å²) in [6.07, 6.45) is -0.620. The minimum atomic E-state index is -0.620. The number of aromatic nitrogens is 2. The van der Waals surface area contributed by atoms with Gasteiger partial charge >= 0.3 is 0 Å². The highest BCUT2D eigenvalue weighted by molar-refractivity contribution is 9.10. The van der Waals surface area contributed by atoms with Crippen LogP contribution in [-0.2, 0) is 11.3 Å². The van der Waals surface area contributed by atoms with Crippen molar-refractivity contribution in [3.05, 3.63) is 64.5 Å². The second-order valence-electron chi connectivity index (χ2n) is 6.29. The smallest absolute Gasteiger partial charge is 0.263 e. The molecule has 0 aliphatic carbocycles. The van der Waals surface area contributed by atoms with Gasteiger partial charge in [-0.3, -0.25) is 4.79 Å². The van der Waals surface area contributed by atoms with Gasteiger partial charge in [0.25, 0.3) is 5.91 Å². The van der Waals surface area contributed by atoms with Crippen LogP contribution >= 0.6 is 15.9 Å². The van der Waals surface area contributed by atoms with Gasteiger partial charge in [0.2, 0.25) is 11.7 Å². The molecule has 1 atom stereocenters. The Morgan fingerprint density at radius 1 is 1.26 bits per heavy atom. The molecule has 0 aliphatic rings. The van der Waals surface area contributed by atoms with Crippen LogP contribution < -0.4 is 4.74 Å². The zero-order chi connectivity index (χ0) is 19.4. The van der Waals surface area contributed by atoms with Crippen LogP contribution in [0, 0.1) is 6.92 Å². The monoisotopic (exact) mass is 429 g/mol. The van der Waals surface area contributed by atoms with Crippen molar-refractivity contribution in [3.8, 4) is 17.1 Å². The van der Waals surface area contributed by atoms with Gasteiger partial charge in [-0.1, -0.05) is 50.9 Å². The van der Waals surface area contributed by atoms with Gasteiger partial charge in [-0.2, -0.15) is 4.98 Å². The molecule has 1 amide bonds. The Balaban J connectivity index is 1.61. The number of halogens is 1. The zero-order valence-corrected chi connectivity index (χ0v) is 16.9. The SMILES string of the molecule is Cc1ccc(OC(C)C(=O)N(C)Cc2nc(-c3cccc(Br)c3)no2)cc1. The normalized spacial score (nSPS) is 11.9. The van der Waals surface area contributed by atoms with Crippen LogP contribution in [0.5, 0.6) is 5.75 Å². The highest BCUT2D eigenvalue weighted by Crippen LogP contribution is 2.21. The van der Waals surface area contributed by atoms with Gasteiger partial charge in [0, 0.05) is 17.1 Å². The van der Waals surface area contributed by atoms with Crippen LogP contribution in [0.15, 0.2) is 57.5 Å². The highest BCUT2D eigenvalue weighted by atomic mass is 79.9. The van der Waals surface area contributed by atoms with E-state index in [1.54, 1.807) is 14.0 Å². The number of likely N-dealkylation sites (N-methyl/N-ethyl adjacent to an activating group) is 1. The summed E-state index contributed by atoms with van der Waals surface area (Å²) in [5.74, 6) is 1.34. The lowest BCUT2D eigenvalue weighted by Gasteiger charge is -2.20. The summed E-state index contributed by atoms with van der Waals surface area (Å²) in [6, 6.07) is 15.2. The van der Waals surface area contributed by atoms with E-state index in [4.69, 9.17) is 9.26 Å². The topological polar surface area (TPSA) is 68.5 Å². The Bertz CT molecular complexity index is 924. The lowest BCUT2D eigenvalue weighted by atomic mass is 10.2. The first-order chi connectivity index (χ1) is 12.9. The van der Waals surface area contributed by atoms with Gasteiger partial charge in [0.05, 0.1) is 6.54 Å². The minimum absolute atomic E-state index is 0.169. The molecule has 27 heavy (non-hydrogen) atoms. The van der Waals surface area contributed by atoms with E-state index in [0.29, 0.717) is 17.5 Å². The van der Waals surface area contributed by atoms with Crippen LogP contribution in [0.3, 0.4) is 0 Å². The third-order valence-corrected chi connectivity index (χ3v) is 4.47. The molecule has 7 heteroatoms. The maximum Gasteiger partial charge on any atom is 0.263 e. The van der Waals surface area contributed by atoms with Crippen molar-refractivity contribution in [2.45, 2.75) is 26.5 Å². The second-order valence-corrected chi connectivity index (χ2v) is 7.21. The van der Waals surface area contributed by atoms with Crippen LogP contribution in [0.2, 0.25) is 0 Å². The summed E-state index contributed by atoms with van der Waals surface area (Å²) in [5, 5.41) is 3.98. The Labute approximate surface area is 166 Å². The van der Waals surface area contributed by atoms with Crippen molar-refractivity contribution in [1.29, 1.82) is 0 Å². The number of carbonyl (C=O) groups excluding carboxylic acids is 1. The van der Waals surface area contributed by atoms with Crippen LogP contribution in [0.4, 0.5) is 0 Å². The number of hydrogen-bond donors (Lipinski definition) is 0. The van der Waals surface area contributed by atoms with E-state index in [1.807, 2.05) is 55.5 Å². The lowest BCUT2D eigenvalue weighted by Crippen LogP contribution is -2.37. The Morgan fingerprint density at radius 3 is 2.70 bits per heavy atom. The largest absolute Gasteiger partial charge is 0.481 e. The minimum Gasteiger partial charge on any atom is -0.481 e. The highest BCUT2D eigenvalue weighted by Gasteiger charge is 2.21. The van der Waals surface area contributed by atoms with Crippen LogP contribution in [0.25, 0.3) is 11.4 Å². The molecule has 1 unspecified atom stereocenters. The molecule has 0 aliphatic heterocycles. The van der Waals surface area contributed by atoms with E-state index in [-0.39, 0.29) is 12.5 Å². The fourth-order valence-corrected chi connectivity index (χ4v) is 2.93. The average Bonchev–Trinajstić information content (AvgIpc) is 3.11. The first-order valence-corrected chi connectivity index (χ1v) is 9.28. The van der Waals surface area contributed by atoms with E-state index >= 15 is 0 Å². The van der Waals surface area contributed by atoms with Crippen molar-refractivity contribution in [2.24, 2.45) is 0 Å². The van der Waals surface area contributed by atoms with E-state index < -0.39 is 6.10 Å². The van der Waals surface area contributed by atoms with Gasteiger partial charge in [0.15, 0.2) is 6.10 Å². The van der Waals surface area contributed by atoms with Gasteiger partial charge < -0.3 is 14.2 Å². The number of benzene rings is 2. The van der Waals surface area contributed by atoms with Gasteiger partial charge in [-0.05, 0) is 38.1 Å². The van der Waals surface area contributed by atoms with Gasteiger partial charge in [-0.25, -0.2) is 0 Å². The number of rotatable bonds is 6. The second kappa shape index (κ2) is 8.35. The summed E-state index contributed by atoms with van der Waals surface area (Å²) in [6.45, 7) is 3.93. The van der Waals surface area contributed by atoms with E-state index in [0.717, 1.165) is 15.6 Å². The maximum atomic E-state index is 12.5. The average molecular weight is 430 g/mol. The maximum absolute atomic E-state index is 12.5. The Hall–Kier alpha value is -2.67. The zero-order valence-electron chi connectivity index (χ0n) is 15.3. The number of aryl methyl sites for hydroxylation is 1. The summed E-state index contributed by atoms with van der Waals surface area (Å²) >= 11 is 3.42. The molecule has 0 bridgehead atoms. The number of hydrogen-bond acceptors (Lipinski definition) is 5. The molecule has 1 aromatic heterocycles. The predicted molar refractivity (Wildman–Crippen MR) is 105 cm³/mol. The summed E-state index contributed by atoms with van der Waals surface area (Å²) in [7, 11) is 1.68. The van der Waals surface area contributed by atoms with Crippen LogP contribution in [-0.4, -0.2) is 34.1 Å².